The molecule has 0 spiro atoms. The molecule has 3 heterocycles. The van der Waals surface area contributed by atoms with E-state index in [2.05, 4.69) is 15.2 Å². The number of benzene rings is 1. The van der Waals surface area contributed by atoms with E-state index in [9.17, 15) is 5.11 Å². The molecule has 0 amide bonds. The van der Waals surface area contributed by atoms with Crippen LogP contribution in [0.2, 0.25) is 0 Å². The second-order valence-corrected chi connectivity index (χ2v) is 5.11. The van der Waals surface area contributed by atoms with Gasteiger partial charge in [-0.25, -0.2) is 0 Å². The van der Waals surface area contributed by atoms with Gasteiger partial charge in [0.15, 0.2) is 5.82 Å². The molecule has 3 N–H and O–H groups in total. The van der Waals surface area contributed by atoms with E-state index >= 15 is 0 Å². The second-order valence-electron chi connectivity index (χ2n) is 5.11. The van der Waals surface area contributed by atoms with Gasteiger partial charge in [0.05, 0.1) is 17.8 Å². The Hall–Kier alpha value is -3.15. The van der Waals surface area contributed by atoms with Gasteiger partial charge < -0.3 is 15.0 Å². The van der Waals surface area contributed by atoms with Crippen molar-refractivity contribution >= 4 is 28.1 Å². The highest BCUT2D eigenvalue weighted by Gasteiger charge is 2.31. The van der Waals surface area contributed by atoms with Gasteiger partial charge >= 0.3 is 0 Å². The maximum absolute atomic E-state index is 10.3. The van der Waals surface area contributed by atoms with Crippen LogP contribution >= 0.6 is 0 Å². The van der Waals surface area contributed by atoms with Gasteiger partial charge in [-0.05, 0) is 24.3 Å². The lowest BCUT2D eigenvalue weighted by Gasteiger charge is -2.16. The number of fused-ring (bicyclic) bond motifs is 1. The van der Waals surface area contributed by atoms with Crippen molar-refractivity contribution in [2.75, 3.05) is 11.4 Å². The second kappa shape index (κ2) is 4.70. The molecule has 0 saturated carbocycles. The van der Waals surface area contributed by atoms with Crippen LogP contribution in [0.15, 0.2) is 54.4 Å². The first-order valence-electron chi connectivity index (χ1n) is 6.88. The Morgan fingerprint density at radius 2 is 2.05 bits per heavy atom. The number of H-pyrrole nitrogens is 1. The lowest BCUT2D eigenvalue weighted by atomic mass is 10.1. The molecule has 22 heavy (non-hydrogen) atoms. The van der Waals surface area contributed by atoms with E-state index in [4.69, 9.17) is 5.41 Å². The third kappa shape index (κ3) is 1.85. The van der Waals surface area contributed by atoms with Crippen molar-refractivity contribution < 1.29 is 5.11 Å². The number of hydrogen-bond donors (Lipinski definition) is 3. The van der Waals surface area contributed by atoms with Gasteiger partial charge in [-0.3, -0.25) is 5.41 Å². The molecule has 0 unspecified atom stereocenters. The predicted octanol–water partition coefficient (Wildman–Crippen LogP) is 2.72. The smallest absolute Gasteiger partial charge is 0.157 e. The zero-order chi connectivity index (χ0) is 15.1. The average Bonchev–Trinajstić information content (AvgIpc) is 3.08. The maximum Gasteiger partial charge on any atom is 0.157 e. The van der Waals surface area contributed by atoms with Gasteiger partial charge in [-0.15, -0.1) is 5.10 Å². The number of aromatic nitrogens is 3. The fraction of sp³-hybridized carbons (Fsp3) is 0.0625. The zero-order valence-corrected chi connectivity index (χ0v) is 11.6. The zero-order valence-electron chi connectivity index (χ0n) is 11.6. The number of para-hydroxylation sites is 1. The summed E-state index contributed by atoms with van der Waals surface area (Å²) in [5.74, 6) is 0.914. The van der Waals surface area contributed by atoms with E-state index < -0.39 is 0 Å². The molecule has 6 heteroatoms. The van der Waals surface area contributed by atoms with Crippen molar-refractivity contribution in [1.29, 1.82) is 5.41 Å². The minimum Gasteiger partial charge on any atom is -0.510 e. The van der Waals surface area contributed by atoms with Crippen LogP contribution in [0.25, 0.3) is 16.5 Å². The Balaban J connectivity index is 1.75. The Labute approximate surface area is 126 Å². The van der Waals surface area contributed by atoms with Crippen molar-refractivity contribution in [3.63, 3.8) is 0 Å². The first kappa shape index (κ1) is 12.6. The van der Waals surface area contributed by atoms with Crippen LogP contribution in [0.3, 0.4) is 0 Å². The fourth-order valence-electron chi connectivity index (χ4n) is 2.70. The van der Waals surface area contributed by atoms with E-state index in [-0.39, 0.29) is 18.1 Å². The summed E-state index contributed by atoms with van der Waals surface area (Å²) in [6, 6.07) is 13.3. The van der Waals surface area contributed by atoms with E-state index in [0.29, 0.717) is 11.4 Å². The topological polar surface area (TPSA) is 88.9 Å². The number of amidine groups is 1. The summed E-state index contributed by atoms with van der Waals surface area (Å²) in [4.78, 5) is 4.88. The van der Waals surface area contributed by atoms with Crippen molar-refractivity contribution in [2.45, 2.75) is 0 Å². The van der Waals surface area contributed by atoms with E-state index in [0.717, 1.165) is 16.6 Å². The average molecular weight is 291 g/mol. The first-order valence-corrected chi connectivity index (χ1v) is 6.88. The van der Waals surface area contributed by atoms with Crippen molar-refractivity contribution in [3.8, 4) is 0 Å². The minimum absolute atomic E-state index is 0.155. The number of hydrogen-bond acceptors (Lipinski definition) is 4. The van der Waals surface area contributed by atoms with Gasteiger partial charge in [-0.1, -0.05) is 18.2 Å². The third-order valence-electron chi connectivity index (χ3n) is 3.74. The highest BCUT2D eigenvalue weighted by molar-refractivity contribution is 6.30. The standard InChI is InChI=1S/C16H13N5O/c17-16-15(12-8-10-4-1-2-5-11(10)19-12)13(22)9-21(16)14-6-3-7-18-20-14/h1-8,17,19,22H,9H2. The van der Waals surface area contributed by atoms with Crippen molar-refractivity contribution in [2.24, 2.45) is 0 Å². The van der Waals surface area contributed by atoms with Crippen LogP contribution in [0, 0.1) is 5.41 Å². The SMILES string of the molecule is N=C1C(c2cc3ccccc3[nH]2)=C(O)CN1c1cccnn1. The van der Waals surface area contributed by atoms with Crippen LogP contribution in [0.5, 0.6) is 0 Å². The molecule has 1 aromatic carbocycles. The lowest BCUT2D eigenvalue weighted by molar-refractivity contribution is 0.411. The molecule has 0 fully saturated rings. The van der Waals surface area contributed by atoms with Crippen LogP contribution in [-0.2, 0) is 0 Å². The van der Waals surface area contributed by atoms with Crippen LogP contribution in [0.1, 0.15) is 5.69 Å². The molecule has 1 aliphatic heterocycles. The summed E-state index contributed by atoms with van der Waals surface area (Å²) < 4.78 is 0. The van der Waals surface area contributed by atoms with Gasteiger partial charge in [0.2, 0.25) is 0 Å². The number of aromatic amines is 1. The van der Waals surface area contributed by atoms with Gasteiger partial charge in [0.1, 0.15) is 11.6 Å². The summed E-state index contributed by atoms with van der Waals surface area (Å²) in [5, 5.41) is 27.5. The number of rotatable bonds is 2. The number of nitrogens with one attached hydrogen (secondary N) is 2. The highest BCUT2D eigenvalue weighted by Crippen LogP contribution is 2.31. The fourth-order valence-corrected chi connectivity index (χ4v) is 2.70. The molecule has 4 rings (SSSR count). The maximum atomic E-state index is 10.3. The quantitative estimate of drug-likeness (QED) is 0.677. The lowest BCUT2D eigenvalue weighted by Crippen LogP contribution is -2.27. The summed E-state index contributed by atoms with van der Waals surface area (Å²) in [5.41, 5.74) is 2.21. The molecule has 0 aliphatic carbocycles. The Morgan fingerprint density at radius 3 is 2.82 bits per heavy atom. The third-order valence-corrected chi connectivity index (χ3v) is 3.74. The summed E-state index contributed by atoms with van der Waals surface area (Å²) in [6.45, 7) is 0.224. The minimum atomic E-state index is 0.155. The molecule has 6 nitrogen and oxygen atoms in total. The Bertz CT molecular complexity index is 864. The number of nitrogens with zero attached hydrogens (tertiary/aromatic N) is 3. The van der Waals surface area contributed by atoms with Crippen molar-refractivity contribution in [1.82, 2.24) is 15.2 Å². The molecule has 3 aromatic rings. The van der Waals surface area contributed by atoms with Crippen LogP contribution < -0.4 is 4.90 Å². The summed E-state index contributed by atoms with van der Waals surface area (Å²) in [7, 11) is 0. The van der Waals surface area contributed by atoms with E-state index in [1.54, 1.807) is 23.2 Å². The molecule has 0 saturated heterocycles. The molecular weight excluding hydrogens is 278 g/mol. The van der Waals surface area contributed by atoms with E-state index in [1.807, 2.05) is 30.3 Å². The summed E-state index contributed by atoms with van der Waals surface area (Å²) >= 11 is 0. The molecule has 2 aromatic heterocycles. The largest absolute Gasteiger partial charge is 0.510 e. The molecule has 1 aliphatic rings. The molecule has 0 atom stereocenters. The van der Waals surface area contributed by atoms with Crippen LogP contribution in [-0.4, -0.2) is 32.7 Å². The number of aliphatic hydroxyl groups is 1. The molecule has 0 radical (unpaired) electrons. The number of aliphatic hydroxyl groups excluding tert-OH is 1. The summed E-state index contributed by atoms with van der Waals surface area (Å²) in [6.07, 6.45) is 1.58. The highest BCUT2D eigenvalue weighted by atomic mass is 16.3. The number of anilines is 1. The Morgan fingerprint density at radius 1 is 1.18 bits per heavy atom. The van der Waals surface area contributed by atoms with Gasteiger partial charge in [0, 0.05) is 17.1 Å². The monoisotopic (exact) mass is 291 g/mol. The molecule has 0 bridgehead atoms. The van der Waals surface area contributed by atoms with Gasteiger partial charge in [-0.2, -0.15) is 5.10 Å². The van der Waals surface area contributed by atoms with Crippen LogP contribution in [0.4, 0.5) is 5.82 Å². The Kier molecular flexibility index (Phi) is 2.69. The van der Waals surface area contributed by atoms with Gasteiger partial charge in [0.25, 0.3) is 0 Å². The normalized spacial score (nSPS) is 15.1. The first-order chi connectivity index (χ1) is 10.7. The van der Waals surface area contributed by atoms with Crippen molar-refractivity contribution in [3.05, 3.63) is 60.1 Å². The molecular formula is C16H13N5O. The molecule has 108 valence electrons. The predicted molar refractivity (Wildman–Crippen MR) is 85.0 cm³/mol. The van der Waals surface area contributed by atoms with E-state index in [1.165, 1.54) is 0 Å².